The van der Waals surface area contributed by atoms with Crippen LogP contribution in [0.4, 0.5) is 4.79 Å². The number of nitrogens with one attached hydrogen (secondary N) is 2. The van der Waals surface area contributed by atoms with Gasteiger partial charge in [-0.1, -0.05) is 12.2 Å². The fourth-order valence-corrected chi connectivity index (χ4v) is 2.82. The van der Waals surface area contributed by atoms with Crippen LogP contribution in [0.5, 0.6) is 0 Å². The second-order valence-electron chi connectivity index (χ2n) is 5.88. The molecular weight excluding hydrogens is 346 g/mol. The van der Waals surface area contributed by atoms with E-state index < -0.39 is 54.7 Å². The zero-order valence-electron chi connectivity index (χ0n) is 14.4. The van der Waals surface area contributed by atoms with Crippen molar-refractivity contribution in [2.75, 3.05) is 33.4 Å². The number of imide groups is 2. The van der Waals surface area contributed by atoms with Gasteiger partial charge in [-0.15, -0.1) is 0 Å². The summed E-state index contributed by atoms with van der Waals surface area (Å²) in [6, 6.07) is -0.746. The van der Waals surface area contributed by atoms with Crippen LogP contribution in [0.2, 0.25) is 0 Å². The molecule has 1 heterocycles. The Bertz CT molecular complexity index is 605. The number of rotatable bonds is 7. The second-order valence-corrected chi connectivity index (χ2v) is 5.88. The number of urea groups is 1. The van der Waals surface area contributed by atoms with Crippen molar-refractivity contribution in [3.63, 3.8) is 0 Å². The van der Waals surface area contributed by atoms with Gasteiger partial charge in [-0.05, 0) is 12.8 Å². The maximum absolute atomic E-state index is 12.2. The average molecular weight is 367 g/mol. The van der Waals surface area contributed by atoms with Crippen LogP contribution in [0, 0.1) is 11.8 Å². The van der Waals surface area contributed by atoms with Crippen LogP contribution in [-0.4, -0.2) is 68.0 Å². The van der Waals surface area contributed by atoms with Gasteiger partial charge < -0.3 is 14.8 Å². The summed E-state index contributed by atoms with van der Waals surface area (Å²) >= 11 is 0. The highest BCUT2D eigenvalue weighted by Crippen LogP contribution is 2.34. The highest BCUT2D eigenvalue weighted by atomic mass is 16.5. The molecule has 1 saturated heterocycles. The first-order chi connectivity index (χ1) is 12.4. The van der Waals surface area contributed by atoms with E-state index in [-0.39, 0.29) is 13.2 Å². The molecule has 2 unspecified atom stereocenters. The zero-order chi connectivity index (χ0) is 19.1. The van der Waals surface area contributed by atoms with E-state index in [9.17, 15) is 24.0 Å². The molecule has 0 radical (unpaired) electrons. The number of likely N-dealkylation sites (tertiary alicyclic amines) is 1. The van der Waals surface area contributed by atoms with Gasteiger partial charge in [0.1, 0.15) is 6.54 Å². The molecule has 5 amide bonds. The molecule has 2 aliphatic rings. The first-order valence-corrected chi connectivity index (χ1v) is 8.16. The maximum Gasteiger partial charge on any atom is 0.326 e. The molecule has 1 fully saturated rings. The van der Waals surface area contributed by atoms with Crippen molar-refractivity contribution in [3.8, 4) is 0 Å². The molecule has 10 nitrogen and oxygen atoms in total. The quantitative estimate of drug-likeness (QED) is 0.254. The number of ether oxygens (including phenoxy) is 2. The third-order valence-electron chi connectivity index (χ3n) is 4.10. The van der Waals surface area contributed by atoms with Gasteiger partial charge in [-0.3, -0.25) is 29.4 Å². The molecule has 1 aliphatic heterocycles. The number of hydrogen-bond donors (Lipinski definition) is 2. The highest BCUT2D eigenvalue weighted by Gasteiger charge is 2.47. The number of carbonyl (C=O) groups is 5. The van der Waals surface area contributed by atoms with Crippen LogP contribution in [0.1, 0.15) is 12.8 Å². The first-order valence-electron chi connectivity index (χ1n) is 8.16. The molecule has 0 saturated carbocycles. The largest absolute Gasteiger partial charge is 0.454 e. The lowest BCUT2D eigenvalue weighted by Crippen LogP contribution is -2.43. The Morgan fingerprint density at radius 3 is 2.35 bits per heavy atom. The van der Waals surface area contributed by atoms with E-state index in [0.29, 0.717) is 12.8 Å². The molecule has 0 aromatic rings. The molecule has 2 atom stereocenters. The third-order valence-corrected chi connectivity index (χ3v) is 4.10. The number of esters is 1. The van der Waals surface area contributed by atoms with Crippen LogP contribution in [0.15, 0.2) is 12.2 Å². The predicted octanol–water partition coefficient (Wildman–Crippen LogP) is -1.05. The Kier molecular flexibility index (Phi) is 6.84. The first kappa shape index (κ1) is 19.6. The maximum atomic E-state index is 12.2. The summed E-state index contributed by atoms with van der Waals surface area (Å²) in [7, 11) is 1.46. The third kappa shape index (κ3) is 4.88. The normalized spacial score (nSPS) is 21.3. The van der Waals surface area contributed by atoms with Crippen LogP contribution in [-0.2, 0) is 28.7 Å². The fourth-order valence-electron chi connectivity index (χ4n) is 2.82. The van der Waals surface area contributed by atoms with Gasteiger partial charge in [0.15, 0.2) is 6.61 Å². The van der Waals surface area contributed by atoms with Gasteiger partial charge in [0.25, 0.3) is 5.91 Å². The lowest BCUT2D eigenvalue weighted by Gasteiger charge is -2.14. The lowest BCUT2D eigenvalue weighted by molar-refractivity contribution is -0.154. The molecule has 0 spiro atoms. The van der Waals surface area contributed by atoms with E-state index in [1.54, 1.807) is 0 Å². The Morgan fingerprint density at radius 2 is 1.77 bits per heavy atom. The van der Waals surface area contributed by atoms with E-state index in [1.807, 2.05) is 17.5 Å². The summed E-state index contributed by atoms with van der Waals surface area (Å²) in [6.07, 6.45) is 4.63. The van der Waals surface area contributed by atoms with Gasteiger partial charge in [0, 0.05) is 13.7 Å². The summed E-state index contributed by atoms with van der Waals surface area (Å²) in [6.45, 7) is -0.739. The minimum absolute atomic E-state index is 0.214. The summed E-state index contributed by atoms with van der Waals surface area (Å²) < 4.78 is 9.46. The number of hydrogen-bond acceptors (Lipinski definition) is 7. The number of allylic oxidation sites excluding steroid dienone is 2. The minimum atomic E-state index is -0.895. The standard InChI is InChI=1S/C16H21N3O7/c1-25-7-6-17-16(24)18-12(20)9-26-13(21)8-19-14(22)10-4-2-3-5-11(10)15(19)23/h2-3,10-11H,4-9H2,1H3,(H2,17,18,20,24). The topological polar surface area (TPSA) is 131 Å². The van der Waals surface area contributed by atoms with Gasteiger partial charge in [0.2, 0.25) is 11.8 Å². The SMILES string of the molecule is COCCNC(=O)NC(=O)COC(=O)CN1C(=O)C2CC=CCC2C1=O. The van der Waals surface area contributed by atoms with Crippen molar-refractivity contribution in [2.24, 2.45) is 11.8 Å². The van der Waals surface area contributed by atoms with E-state index in [2.05, 4.69) is 5.32 Å². The molecule has 0 aromatic carbocycles. The van der Waals surface area contributed by atoms with Crippen molar-refractivity contribution < 1.29 is 33.4 Å². The predicted molar refractivity (Wildman–Crippen MR) is 86.5 cm³/mol. The van der Waals surface area contributed by atoms with Gasteiger partial charge in [-0.2, -0.15) is 0 Å². The number of fused-ring (bicyclic) bond motifs is 1. The number of nitrogens with zero attached hydrogens (tertiary/aromatic N) is 1. The number of carbonyl (C=O) groups excluding carboxylic acids is 5. The van der Waals surface area contributed by atoms with E-state index in [1.165, 1.54) is 7.11 Å². The molecule has 26 heavy (non-hydrogen) atoms. The van der Waals surface area contributed by atoms with E-state index >= 15 is 0 Å². The summed E-state index contributed by atoms with van der Waals surface area (Å²) in [5.74, 6) is -3.39. The van der Waals surface area contributed by atoms with Crippen LogP contribution < -0.4 is 10.6 Å². The Labute approximate surface area is 149 Å². The zero-order valence-corrected chi connectivity index (χ0v) is 14.4. The molecule has 1 aliphatic carbocycles. The molecule has 2 rings (SSSR count). The minimum Gasteiger partial charge on any atom is -0.454 e. The molecule has 10 heteroatoms. The van der Waals surface area contributed by atoms with Gasteiger partial charge in [0.05, 0.1) is 18.4 Å². The molecular formula is C16H21N3O7. The second kappa shape index (κ2) is 9.09. The lowest BCUT2D eigenvalue weighted by atomic mass is 9.85. The Hall–Kier alpha value is -2.75. The van der Waals surface area contributed by atoms with Crippen molar-refractivity contribution in [1.82, 2.24) is 15.5 Å². The monoisotopic (exact) mass is 367 g/mol. The van der Waals surface area contributed by atoms with Crippen LogP contribution in [0.25, 0.3) is 0 Å². The summed E-state index contributed by atoms with van der Waals surface area (Å²) in [4.78, 5) is 60.0. The average Bonchev–Trinajstić information content (AvgIpc) is 2.85. The number of methoxy groups -OCH3 is 1. The molecule has 0 aromatic heterocycles. The van der Waals surface area contributed by atoms with Crippen LogP contribution >= 0.6 is 0 Å². The highest BCUT2D eigenvalue weighted by molar-refractivity contribution is 6.07. The van der Waals surface area contributed by atoms with Crippen molar-refractivity contribution in [1.29, 1.82) is 0 Å². The fraction of sp³-hybridized carbons (Fsp3) is 0.562. The van der Waals surface area contributed by atoms with Crippen LogP contribution in [0.3, 0.4) is 0 Å². The number of amides is 5. The Morgan fingerprint density at radius 1 is 1.15 bits per heavy atom. The molecule has 2 N–H and O–H groups in total. The Balaban J connectivity index is 1.73. The molecule has 142 valence electrons. The van der Waals surface area contributed by atoms with Gasteiger partial charge >= 0.3 is 12.0 Å². The van der Waals surface area contributed by atoms with Gasteiger partial charge in [-0.25, -0.2) is 4.79 Å². The summed E-state index contributed by atoms with van der Waals surface area (Å²) in [5.41, 5.74) is 0. The molecule has 0 bridgehead atoms. The smallest absolute Gasteiger partial charge is 0.326 e. The summed E-state index contributed by atoms with van der Waals surface area (Å²) in [5, 5.41) is 4.33. The van der Waals surface area contributed by atoms with E-state index in [0.717, 1.165) is 4.90 Å². The van der Waals surface area contributed by atoms with Crippen molar-refractivity contribution in [2.45, 2.75) is 12.8 Å². The van der Waals surface area contributed by atoms with Crippen molar-refractivity contribution >= 4 is 29.7 Å². The van der Waals surface area contributed by atoms with E-state index in [4.69, 9.17) is 9.47 Å². The van der Waals surface area contributed by atoms with Crippen molar-refractivity contribution in [3.05, 3.63) is 12.2 Å².